The topological polar surface area (TPSA) is 120 Å². The lowest BCUT2D eigenvalue weighted by Crippen LogP contribution is -2.29. The number of hydrazone groups is 1. The Labute approximate surface area is 141 Å². The molecule has 8 nitrogen and oxygen atoms in total. The van der Waals surface area contributed by atoms with Gasteiger partial charge in [0.1, 0.15) is 0 Å². The Morgan fingerprint density at radius 3 is 2.83 bits per heavy atom. The monoisotopic (exact) mass is 350 g/mol. The molecule has 0 amide bonds. The van der Waals surface area contributed by atoms with Crippen molar-refractivity contribution in [3.63, 3.8) is 0 Å². The van der Waals surface area contributed by atoms with Crippen molar-refractivity contribution in [3.8, 4) is 0 Å². The Morgan fingerprint density at radius 2 is 2.17 bits per heavy atom. The maximum Gasteiger partial charge on any atom is 0.310 e. The summed E-state index contributed by atoms with van der Waals surface area (Å²) in [6, 6.07) is 5.59. The lowest BCUT2D eigenvalue weighted by Gasteiger charge is -2.14. The predicted octanol–water partition coefficient (Wildman–Crippen LogP) is 0.930. The number of nitrogens with zero attached hydrogens (tertiary/aromatic N) is 4. The Morgan fingerprint density at radius 1 is 1.42 bits per heavy atom. The molecular weight excluding hydrogens is 328 g/mol. The summed E-state index contributed by atoms with van der Waals surface area (Å²) in [5.41, 5.74) is 8.94. The molecule has 24 heavy (non-hydrogen) atoms. The van der Waals surface area contributed by atoms with Gasteiger partial charge in [0.2, 0.25) is 5.95 Å². The molecule has 0 saturated heterocycles. The Hall–Kier alpha value is -2.13. The number of imidazole rings is 1. The number of rotatable bonds is 4. The second-order valence-electron chi connectivity index (χ2n) is 6.26. The normalized spacial score (nSPS) is 20.5. The molecule has 1 unspecified atom stereocenters. The van der Waals surface area contributed by atoms with Crippen molar-refractivity contribution in [3.05, 3.63) is 23.8 Å². The van der Waals surface area contributed by atoms with Crippen molar-refractivity contribution in [2.24, 2.45) is 16.9 Å². The lowest BCUT2D eigenvalue weighted by atomic mass is 9.96. The Bertz CT molecular complexity index is 900. The number of nitrogen functional groups attached to an aromatic ring is 1. The van der Waals surface area contributed by atoms with Gasteiger partial charge in [0.25, 0.3) is 0 Å². The van der Waals surface area contributed by atoms with Gasteiger partial charge in [-0.05, 0) is 43.4 Å². The molecule has 0 radical (unpaired) electrons. The Kier molecular flexibility index (Phi) is 4.22. The van der Waals surface area contributed by atoms with Crippen molar-refractivity contribution < 1.29 is 8.42 Å². The van der Waals surface area contributed by atoms with Crippen LogP contribution in [0, 0.1) is 5.92 Å². The van der Waals surface area contributed by atoms with Crippen LogP contribution in [0.2, 0.25) is 0 Å². The summed E-state index contributed by atoms with van der Waals surface area (Å²) < 4.78 is 27.2. The van der Waals surface area contributed by atoms with Gasteiger partial charge >= 0.3 is 10.2 Å². The molecule has 1 aliphatic carbocycles. The van der Waals surface area contributed by atoms with Gasteiger partial charge in [0.15, 0.2) is 0 Å². The van der Waals surface area contributed by atoms with Crippen LogP contribution in [0.1, 0.15) is 24.8 Å². The van der Waals surface area contributed by atoms with Crippen molar-refractivity contribution in [2.45, 2.75) is 25.7 Å². The van der Waals surface area contributed by atoms with Gasteiger partial charge in [0, 0.05) is 25.7 Å². The molecule has 1 aromatic carbocycles. The van der Waals surface area contributed by atoms with E-state index in [2.05, 4.69) is 10.1 Å². The molecule has 1 heterocycles. The van der Waals surface area contributed by atoms with E-state index in [-0.39, 0.29) is 5.95 Å². The number of hydrogen-bond donors (Lipinski definition) is 2. The highest BCUT2D eigenvalue weighted by Gasteiger charge is 2.25. The third-order valence-corrected chi connectivity index (χ3v) is 6.27. The minimum Gasteiger partial charge on any atom is -0.368 e. The maximum absolute atomic E-state index is 12.5. The van der Waals surface area contributed by atoms with Crippen molar-refractivity contribution >= 4 is 32.9 Å². The van der Waals surface area contributed by atoms with E-state index in [0.29, 0.717) is 17.0 Å². The molecule has 2 aromatic rings. The molecule has 130 valence electrons. The number of fused-ring (bicyclic) bond motifs is 1. The van der Waals surface area contributed by atoms with Crippen LogP contribution in [-0.2, 0) is 16.6 Å². The van der Waals surface area contributed by atoms with Gasteiger partial charge in [-0.3, -0.25) is 0 Å². The van der Waals surface area contributed by atoms with Crippen LogP contribution in [0.5, 0.6) is 0 Å². The summed E-state index contributed by atoms with van der Waals surface area (Å²) in [6.07, 6.45) is 3.84. The SMILES string of the molecule is CN(C)S(=O)(=O)n1c(N)nc2ccc(CC3CCCC3=NN)cc21. The van der Waals surface area contributed by atoms with E-state index in [0.717, 1.165) is 45.2 Å². The fourth-order valence-corrected chi connectivity index (χ4v) is 4.22. The highest BCUT2D eigenvalue weighted by molar-refractivity contribution is 7.87. The van der Waals surface area contributed by atoms with E-state index in [9.17, 15) is 8.42 Å². The zero-order valence-corrected chi connectivity index (χ0v) is 14.6. The van der Waals surface area contributed by atoms with Gasteiger partial charge in [-0.25, -0.2) is 4.98 Å². The molecule has 0 aliphatic heterocycles. The standard InChI is InChI=1S/C15H22N6O2S/c1-20(2)24(22,23)21-14-9-10(6-7-13(14)18-15(21)16)8-11-4-3-5-12(11)19-17/h6-7,9,11H,3-5,8,17H2,1-2H3,(H2,16,18). The summed E-state index contributed by atoms with van der Waals surface area (Å²) >= 11 is 0. The fraction of sp³-hybridized carbons (Fsp3) is 0.467. The second-order valence-corrected chi connectivity index (χ2v) is 8.25. The molecule has 0 bridgehead atoms. The summed E-state index contributed by atoms with van der Waals surface area (Å²) in [6.45, 7) is 0. The van der Waals surface area contributed by atoms with Crippen LogP contribution < -0.4 is 11.6 Å². The first kappa shape index (κ1) is 16.7. The van der Waals surface area contributed by atoms with Gasteiger partial charge in [-0.2, -0.15) is 21.8 Å². The number of nitrogens with two attached hydrogens (primary N) is 2. The van der Waals surface area contributed by atoms with E-state index < -0.39 is 10.2 Å². The number of anilines is 1. The van der Waals surface area contributed by atoms with Crippen LogP contribution >= 0.6 is 0 Å². The zero-order valence-electron chi connectivity index (χ0n) is 13.8. The summed E-state index contributed by atoms with van der Waals surface area (Å²) in [7, 11) is -0.801. The van der Waals surface area contributed by atoms with E-state index in [1.54, 1.807) is 6.07 Å². The van der Waals surface area contributed by atoms with Crippen molar-refractivity contribution in [1.29, 1.82) is 0 Å². The predicted molar refractivity (Wildman–Crippen MR) is 94.8 cm³/mol. The minimum atomic E-state index is -3.73. The zero-order chi connectivity index (χ0) is 17.5. The summed E-state index contributed by atoms with van der Waals surface area (Å²) in [5.74, 6) is 5.73. The second kappa shape index (κ2) is 6.06. The lowest BCUT2D eigenvalue weighted by molar-refractivity contribution is 0.513. The molecule has 1 aromatic heterocycles. The highest BCUT2D eigenvalue weighted by Crippen LogP contribution is 2.28. The first-order chi connectivity index (χ1) is 11.3. The smallest absolute Gasteiger partial charge is 0.310 e. The highest BCUT2D eigenvalue weighted by atomic mass is 32.2. The van der Waals surface area contributed by atoms with Gasteiger partial charge < -0.3 is 11.6 Å². The third-order valence-electron chi connectivity index (χ3n) is 4.50. The van der Waals surface area contributed by atoms with Crippen LogP contribution in [0.3, 0.4) is 0 Å². The van der Waals surface area contributed by atoms with Crippen LogP contribution in [-0.4, -0.2) is 41.5 Å². The van der Waals surface area contributed by atoms with Gasteiger partial charge in [-0.15, -0.1) is 0 Å². The minimum absolute atomic E-state index is 0.0408. The molecule has 1 saturated carbocycles. The summed E-state index contributed by atoms with van der Waals surface area (Å²) in [5, 5.41) is 3.89. The van der Waals surface area contributed by atoms with Crippen molar-refractivity contribution in [1.82, 2.24) is 13.3 Å². The number of benzene rings is 1. The molecule has 0 spiro atoms. The van der Waals surface area contributed by atoms with E-state index in [4.69, 9.17) is 11.6 Å². The van der Waals surface area contributed by atoms with Crippen LogP contribution in [0.4, 0.5) is 5.95 Å². The first-order valence-corrected chi connectivity index (χ1v) is 9.21. The summed E-state index contributed by atoms with van der Waals surface area (Å²) in [4.78, 5) is 4.16. The number of aromatic nitrogens is 2. The first-order valence-electron chi connectivity index (χ1n) is 7.81. The Balaban J connectivity index is 2.05. The van der Waals surface area contributed by atoms with Crippen LogP contribution in [0.15, 0.2) is 23.3 Å². The average molecular weight is 350 g/mol. The van der Waals surface area contributed by atoms with E-state index >= 15 is 0 Å². The van der Waals surface area contributed by atoms with Crippen molar-refractivity contribution in [2.75, 3.05) is 19.8 Å². The van der Waals surface area contributed by atoms with Gasteiger partial charge in [-0.1, -0.05) is 6.07 Å². The molecule has 1 aliphatic rings. The molecular formula is C15H22N6O2S. The molecule has 3 rings (SSSR count). The van der Waals surface area contributed by atoms with Crippen LogP contribution in [0.25, 0.3) is 11.0 Å². The molecule has 9 heteroatoms. The average Bonchev–Trinajstić information content (AvgIpc) is 3.09. The largest absolute Gasteiger partial charge is 0.368 e. The third kappa shape index (κ3) is 2.73. The van der Waals surface area contributed by atoms with Gasteiger partial charge in [0.05, 0.1) is 11.0 Å². The molecule has 1 atom stereocenters. The maximum atomic E-state index is 12.5. The van der Waals surface area contributed by atoms with E-state index in [1.165, 1.54) is 14.1 Å². The fourth-order valence-electron chi connectivity index (χ4n) is 3.23. The number of hydrogen-bond acceptors (Lipinski definition) is 6. The quantitative estimate of drug-likeness (QED) is 0.628. The molecule has 4 N–H and O–H groups in total. The van der Waals surface area contributed by atoms with E-state index in [1.807, 2.05) is 12.1 Å². The molecule has 1 fully saturated rings.